The number of carbonyl (C=O) groups excluding carboxylic acids is 2. The van der Waals surface area contributed by atoms with E-state index in [1.54, 1.807) is 6.92 Å². The second-order valence-corrected chi connectivity index (χ2v) is 9.32. The number of anilines is 2. The molecule has 3 heterocycles. The predicted molar refractivity (Wildman–Crippen MR) is 127 cm³/mol. The Hall–Kier alpha value is -2.89. The topological polar surface area (TPSA) is 65.5 Å². The molecule has 2 amide bonds. The number of hydrogen-bond acceptors (Lipinski definition) is 4. The van der Waals surface area contributed by atoms with Crippen LogP contribution in [0.4, 0.5) is 11.4 Å². The maximum Gasteiger partial charge on any atom is 0.225 e. The van der Waals surface area contributed by atoms with Crippen LogP contribution >= 0.6 is 0 Å². The van der Waals surface area contributed by atoms with E-state index in [2.05, 4.69) is 48.6 Å². The molecule has 2 aromatic rings. The largest absolute Gasteiger partial charge is 0.355 e. The third-order valence-corrected chi connectivity index (χ3v) is 6.75. The van der Waals surface area contributed by atoms with Gasteiger partial charge in [-0.25, -0.2) is 0 Å². The zero-order valence-corrected chi connectivity index (χ0v) is 19.4. The Labute approximate surface area is 191 Å². The molecule has 1 N–H and O–H groups in total. The number of rotatable bonds is 4. The number of hydrogen-bond donors (Lipinski definition) is 1. The minimum Gasteiger partial charge on any atom is -0.355 e. The highest BCUT2D eigenvalue weighted by Gasteiger charge is 2.32. The summed E-state index contributed by atoms with van der Waals surface area (Å²) in [7, 11) is 0. The van der Waals surface area contributed by atoms with E-state index in [4.69, 9.17) is 4.98 Å². The number of nitrogens with one attached hydrogen (secondary N) is 1. The number of nitrogens with zero attached hydrogens (tertiary/aromatic N) is 3. The SMILES string of the molecule is CC(=O)N1CCC(C(=O)N2CCC[C@H](c3cc(Nc4ccc(C)cc4)cc(C)n3)C2)CC1. The number of aryl methyl sites for hydroxylation is 2. The van der Waals surface area contributed by atoms with Crippen molar-refractivity contribution in [1.82, 2.24) is 14.8 Å². The molecule has 0 bridgehead atoms. The van der Waals surface area contributed by atoms with Crippen LogP contribution < -0.4 is 5.32 Å². The number of piperidine rings is 2. The second-order valence-electron chi connectivity index (χ2n) is 9.32. The van der Waals surface area contributed by atoms with Crippen LogP contribution in [0.15, 0.2) is 36.4 Å². The highest BCUT2D eigenvalue weighted by molar-refractivity contribution is 5.80. The molecule has 32 heavy (non-hydrogen) atoms. The van der Waals surface area contributed by atoms with Crippen molar-refractivity contribution in [1.29, 1.82) is 0 Å². The van der Waals surface area contributed by atoms with E-state index in [9.17, 15) is 9.59 Å². The van der Waals surface area contributed by atoms with Crippen LogP contribution in [0.3, 0.4) is 0 Å². The fourth-order valence-electron chi connectivity index (χ4n) is 4.90. The van der Waals surface area contributed by atoms with Gasteiger partial charge in [0.1, 0.15) is 0 Å². The molecule has 1 aromatic heterocycles. The van der Waals surface area contributed by atoms with Gasteiger partial charge in [-0.2, -0.15) is 0 Å². The fraction of sp³-hybridized carbons (Fsp3) is 0.500. The summed E-state index contributed by atoms with van der Waals surface area (Å²) in [6.07, 6.45) is 3.59. The smallest absolute Gasteiger partial charge is 0.225 e. The van der Waals surface area contributed by atoms with Crippen molar-refractivity contribution in [2.24, 2.45) is 5.92 Å². The van der Waals surface area contributed by atoms with Crippen molar-refractivity contribution in [3.8, 4) is 0 Å². The van der Waals surface area contributed by atoms with Crippen molar-refractivity contribution in [3.63, 3.8) is 0 Å². The maximum absolute atomic E-state index is 13.2. The van der Waals surface area contributed by atoms with Gasteiger partial charge in [0.05, 0.1) is 0 Å². The summed E-state index contributed by atoms with van der Waals surface area (Å²) < 4.78 is 0. The predicted octanol–water partition coefficient (Wildman–Crippen LogP) is 4.41. The van der Waals surface area contributed by atoms with Gasteiger partial charge in [0.25, 0.3) is 0 Å². The van der Waals surface area contributed by atoms with E-state index in [1.807, 2.05) is 16.7 Å². The van der Waals surface area contributed by atoms with Gasteiger partial charge >= 0.3 is 0 Å². The van der Waals surface area contributed by atoms with Gasteiger partial charge < -0.3 is 15.1 Å². The van der Waals surface area contributed by atoms with Crippen molar-refractivity contribution in [3.05, 3.63) is 53.3 Å². The number of pyridine rings is 1. The first-order valence-electron chi connectivity index (χ1n) is 11.8. The molecule has 0 saturated carbocycles. The van der Waals surface area contributed by atoms with Gasteiger partial charge in [-0.05, 0) is 63.8 Å². The van der Waals surface area contributed by atoms with Gasteiger partial charge in [-0.1, -0.05) is 17.7 Å². The Balaban J connectivity index is 1.42. The third-order valence-electron chi connectivity index (χ3n) is 6.75. The second kappa shape index (κ2) is 9.72. The summed E-state index contributed by atoms with van der Waals surface area (Å²) in [4.78, 5) is 33.5. The number of carbonyl (C=O) groups is 2. The molecule has 1 aromatic carbocycles. The maximum atomic E-state index is 13.2. The molecule has 2 aliphatic rings. The monoisotopic (exact) mass is 434 g/mol. The van der Waals surface area contributed by atoms with Gasteiger partial charge in [-0.3, -0.25) is 14.6 Å². The Morgan fingerprint density at radius 3 is 2.34 bits per heavy atom. The van der Waals surface area contributed by atoms with Crippen LogP contribution in [0, 0.1) is 19.8 Å². The number of amides is 2. The van der Waals surface area contributed by atoms with Gasteiger partial charge in [-0.15, -0.1) is 0 Å². The first-order valence-corrected chi connectivity index (χ1v) is 11.8. The summed E-state index contributed by atoms with van der Waals surface area (Å²) >= 11 is 0. The summed E-state index contributed by atoms with van der Waals surface area (Å²) in [6.45, 7) is 8.65. The summed E-state index contributed by atoms with van der Waals surface area (Å²) in [5, 5.41) is 3.50. The normalized spacial score (nSPS) is 19.7. The van der Waals surface area contributed by atoms with Gasteiger partial charge in [0.15, 0.2) is 0 Å². The Bertz CT molecular complexity index is 964. The molecular weight excluding hydrogens is 400 g/mol. The van der Waals surface area contributed by atoms with Crippen LogP contribution in [0.1, 0.15) is 55.5 Å². The van der Waals surface area contributed by atoms with E-state index in [0.717, 1.165) is 61.5 Å². The lowest BCUT2D eigenvalue weighted by Crippen LogP contribution is -2.46. The van der Waals surface area contributed by atoms with E-state index in [1.165, 1.54) is 5.56 Å². The average molecular weight is 435 g/mol. The molecule has 2 fully saturated rings. The van der Waals surface area contributed by atoms with Crippen molar-refractivity contribution in [2.45, 2.75) is 52.4 Å². The molecule has 1 atom stereocenters. The quantitative estimate of drug-likeness (QED) is 0.774. The zero-order chi connectivity index (χ0) is 22.7. The molecule has 2 saturated heterocycles. The number of likely N-dealkylation sites (tertiary alicyclic amines) is 2. The first-order chi connectivity index (χ1) is 15.4. The average Bonchev–Trinajstić information content (AvgIpc) is 2.80. The van der Waals surface area contributed by atoms with Crippen LogP contribution in [0.2, 0.25) is 0 Å². The van der Waals surface area contributed by atoms with Crippen molar-refractivity contribution < 1.29 is 9.59 Å². The molecule has 0 radical (unpaired) electrons. The highest BCUT2D eigenvalue weighted by Crippen LogP contribution is 2.30. The summed E-state index contributed by atoms with van der Waals surface area (Å²) in [5.41, 5.74) is 5.38. The van der Waals surface area contributed by atoms with Crippen molar-refractivity contribution in [2.75, 3.05) is 31.5 Å². The fourth-order valence-corrected chi connectivity index (χ4v) is 4.90. The van der Waals surface area contributed by atoms with Crippen LogP contribution in [-0.4, -0.2) is 52.8 Å². The van der Waals surface area contributed by atoms with Crippen molar-refractivity contribution >= 4 is 23.2 Å². The molecule has 6 nitrogen and oxygen atoms in total. The third kappa shape index (κ3) is 5.29. The minimum atomic E-state index is 0.0357. The van der Waals surface area contributed by atoms with Gasteiger partial charge in [0, 0.05) is 67.7 Å². The first kappa shape index (κ1) is 22.3. The lowest BCUT2D eigenvalue weighted by Gasteiger charge is -2.37. The van der Waals surface area contributed by atoms with Crippen LogP contribution in [0.5, 0.6) is 0 Å². The van der Waals surface area contributed by atoms with Crippen LogP contribution in [0.25, 0.3) is 0 Å². The molecule has 0 aliphatic carbocycles. The molecule has 2 aliphatic heterocycles. The molecule has 6 heteroatoms. The lowest BCUT2D eigenvalue weighted by atomic mass is 9.90. The molecule has 170 valence electrons. The summed E-state index contributed by atoms with van der Waals surface area (Å²) in [6, 6.07) is 12.6. The standard InChI is InChI=1S/C26H34N4O2/c1-18-6-8-23(9-7-18)28-24-15-19(2)27-25(16-24)22-5-4-12-30(17-22)26(32)21-10-13-29(14-11-21)20(3)31/h6-9,15-16,21-22H,4-5,10-14,17H2,1-3H3,(H,27,28)/t22-/m0/s1. The number of aromatic nitrogens is 1. The Morgan fingerprint density at radius 2 is 1.66 bits per heavy atom. The van der Waals surface area contributed by atoms with Crippen LogP contribution in [-0.2, 0) is 9.59 Å². The highest BCUT2D eigenvalue weighted by atomic mass is 16.2. The van der Waals surface area contributed by atoms with E-state index >= 15 is 0 Å². The summed E-state index contributed by atoms with van der Waals surface area (Å²) in [5.74, 6) is 0.648. The molecule has 0 unspecified atom stereocenters. The Kier molecular flexibility index (Phi) is 6.77. The Morgan fingerprint density at radius 1 is 0.938 bits per heavy atom. The lowest BCUT2D eigenvalue weighted by molar-refractivity contribution is -0.141. The van der Waals surface area contributed by atoms with E-state index < -0.39 is 0 Å². The van der Waals surface area contributed by atoms with Gasteiger partial charge in [0.2, 0.25) is 11.8 Å². The molecule has 0 spiro atoms. The van der Waals surface area contributed by atoms with E-state index in [-0.39, 0.29) is 23.7 Å². The molecule has 4 rings (SSSR count). The minimum absolute atomic E-state index is 0.0357. The molecular formula is C26H34N4O2. The zero-order valence-electron chi connectivity index (χ0n) is 19.4. The van der Waals surface area contributed by atoms with E-state index in [0.29, 0.717) is 13.1 Å². The number of benzene rings is 1.